The highest BCUT2D eigenvalue weighted by molar-refractivity contribution is 7.22. The zero-order chi connectivity index (χ0) is 16.7. The zero-order valence-electron chi connectivity index (χ0n) is 13.2. The highest BCUT2D eigenvalue weighted by Crippen LogP contribution is 2.27. The van der Waals surface area contributed by atoms with Crippen molar-refractivity contribution in [2.75, 3.05) is 11.9 Å². The minimum atomic E-state index is -0.00864. The van der Waals surface area contributed by atoms with Gasteiger partial charge in [-0.1, -0.05) is 30.4 Å². The summed E-state index contributed by atoms with van der Waals surface area (Å²) in [5.74, 6) is 0.00693. The summed E-state index contributed by atoms with van der Waals surface area (Å²) in [7, 11) is 0. The third-order valence-electron chi connectivity index (χ3n) is 3.26. The smallest absolute Gasteiger partial charge is 0.226 e. The molecular weight excluding hydrogens is 310 g/mol. The first-order chi connectivity index (χ1) is 11.1. The van der Waals surface area contributed by atoms with E-state index < -0.39 is 0 Å². The van der Waals surface area contributed by atoms with Crippen LogP contribution in [0.4, 0.5) is 5.13 Å². The molecular formula is C17H21N3O2S. The van der Waals surface area contributed by atoms with Crippen molar-refractivity contribution in [2.24, 2.45) is 0 Å². The van der Waals surface area contributed by atoms with E-state index in [1.165, 1.54) is 11.3 Å². The van der Waals surface area contributed by atoms with Gasteiger partial charge in [0.1, 0.15) is 0 Å². The van der Waals surface area contributed by atoms with E-state index in [4.69, 9.17) is 0 Å². The SMILES string of the molecule is C=CCNC(=O)CCc1ccc2nc(NC(=O)CCC)sc2c1. The van der Waals surface area contributed by atoms with Crippen molar-refractivity contribution in [2.45, 2.75) is 32.6 Å². The molecule has 0 bridgehead atoms. The van der Waals surface area contributed by atoms with Gasteiger partial charge in [-0.15, -0.1) is 6.58 Å². The van der Waals surface area contributed by atoms with Gasteiger partial charge in [0.2, 0.25) is 11.8 Å². The summed E-state index contributed by atoms with van der Waals surface area (Å²) < 4.78 is 1.01. The van der Waals surface area contributed by atoms with Crippen LogP contribution in [0, 0.1) is 0 Å². The first-order valence-electron chi connectivity index (χ1n) is 7.69. The van der Waals surface area contributed by atoms with Crippen molar-refractivity contribution in [1.29, 1.82) is 0 Å². The summed E-state index contributed by atoms with van der Waals surface area (Å²) in [5.41, 5.74) is 1.95. The van der Waals surface area contributed by atoms with E-state index in [1.807, 2.05) is 25.1 Å². The summed E-state index contributed by atoms with van der Waals surface area (Å²) in [6.07, 6.45) is 4.10. The molecule has 2 aromatic rings. The minimum absolute atomic E-state index is 0.00864. The molecule has 23 heavy (non-hydrogen) atoms. The summed E-state index contributed by atoms with van der Waals surface area (Å²) in [4.78, 5) is 27.6. The van der Waals surface area contributed by atoms with Crippen LogP contribution >= 0.6 is 11.3 Å². The van der Waals surface area contributed by atoms with Gasteiger partial charge in [-0.05, 0) is 30.5 Å². The number of aromatic nitrogens is 1. The average molecular weight is 331 g/mol. The molecule has 2 N–H and O–H groups in total. The highest BCUT2D eigenvalue weighted by Gasteiger charge is 2.08. The van der Waals surface area contributed by atoms with Crippen LogP contribution in [0.25, 0.3) is 10.2 Å². The molecule has 1 aromatic carbocycles. The first-order valence-corrected chi connectivity index (χ1v) is 8.51. The summed E-state index contributed by atoms with van der Waals surface area (Å²) in [5, 5.41) is 6.21. The predicted octanol–water partition coefficient (Wildman–Crippen LogP) is 3.27. The Morgan fingerprint density at radius 2 is 2.13 bits per heavy atom. The van der Waals surface area contributed by atoms with Crippen LogP contribution in [0.15, 0.2) is 30.9 Å². The van der Waals surface area contributed by atoms with Crippen LogP contribution in [0.5, 0.6) is 0 Å². The van der Waals surface area contributed by atoms with Crippen LogP contribution in [0.3, 0.4) is 0 Å². The second-order valence-electron chi connectivity index (χ2n) is 5.21. The van der Waals surface area contributed by atoms with Crippen LogP contribution in [0.1, 0.15) is 31.7 Å². The number of amides is 2. The van der Waals surface area contributed by atoms with Gasteiger partial charge < -0.3 is 10.6 Å². The van der Waals surface area contributed by atoms with E-state index in [1.54, 1.807) is 6.08 Å². The Balaban J connectivity index is 1.99. The van der Waals surface area contributed by atoms with Gasteiger partial charge in [0, 0.05) is 19.4 Å². The van der Waals surface area contributed by atoms with Gasteiger partial charge in [0.05, 0.1) is 10.2 Å². The molecule has 0 unspecified atom stereocenters. The minimum Gasteiger partial charge on any atom is -0.353 e. The lowest BCUT2D eigenvalue weighted by atomic mass is 10.1. The van der Waals surface area contributed by atoms with E-state index in [-0.39, 0.29) is 11.8 Å². The van der Waals surface area contributed by atoms with Crippen molar-refractivity contribution in [3.8, 4) is 0 Å². The summed E-state index contributed by atoms with van der Waals surface area (Å²) in [6.45, 7) is 6.03. The molecule has 5 nitrogen and oxygen atoms in total. The van der Waals surface area contributed by atoms with Gasteiger partial charge in [0.25, 0.3) is 0 Å². The number of hydrogen-bond donors (Lipinski definition) is 2. The molecule has 1 aromatic heterocycles. The maximum Gasteiger partial charge on any atom is 0.226 e. The molecule has 0 saturated heterocycles. The molecule has 0 radical (unpaired) electrons. The Kier molecular flexibility index (Phi) is 6.29. The van der Waals surface area contributed by atoms with Crippen molar-refractivity contribution in [3.05, 3.63) is 36.4 Å². The number of fused-ring (bicyclic) bond motifs is 1. The standard InChI is InChI=1S/C17H21N3O2S/c1-3-5-16(22)20-17-19-13-8-6-12(11-14(13)23-17)7-9-15(21)18-10-4-2/h4,6,8,11H,2-3,5,7,9-10H2,1H3,(H,18,21)(H,19,20,22). The molecule has 0 aliphatic heterocycles. The van der Waals surface area contributed by atoms with Crippen LogP contribution < -0.4 is 10.6 Å². The fourth-order valence-corrected chi connectivity index (χ4v) is 3.06. The molecule has 0 atom stereocenters. The Hall–Kier alpha value is -2.21. The van der Waals surface area contributed by atoms with Gasteiger partial charge in [-0.2, -0.15) is 0 Å². The van der Waals surface area contributed by atoms with Gasteiger partial charge in [-0.25, -0.2) is 4.98 Å². The Labute approximate surface area is 139 Å². The molecule has 6 heteroatoms. The largest absolute Gasteiger partial charge is 0.353 e. The quantitative estimate of drug-likeness (QED) is 0.729. The second kappa shape index (κ2) is 8.43. The molecule has 0 aliphatic carbocycles. The van der Waals surface area contributed by atoms with E-state index in [0.29, 0.717) is 30.9 Å². The third-order valence-corrected chi connectivity index (χ3v) is 4.19. The lowest BCUT2D eigenvalue weighted by molar-refractivity contribution is -0.121. The van der Waals surface area contributed by atoms with Crippen molar-refractivity contribution < 1.29 is 9.59 Å². The van der Waals surface area contributed by atoms with Crippen LogP contribution in [-0.2, 0) is 16.0 Å². The Bertz CT molecular complexity index is 709. The summed E-state index contributed by atoms with van der Waals surface area (Å²) >= 11 is 1.46. The number of anilines is 1. The molecule has 1 heterocycles. The number of thiazole rings is 1. The Morgan fingerprint density at radius 3 is 2.87 bits per heavy atom. The first kappa shape index (κ1) is 17.1. The third kappa shape index (κ3) is 5.17. The maximum absolute atomic E-state index is 11.6. The second-order valence-corrected chi connectivity index (χ2v) is 6.24. The number of hydrogen-bond acceptors (Lipinski definition) is 4. The monoisotopic (exact) mass is 331 g/mol. The number of benzene rings is 1. The molecule has 2 amide bonds. The van der Waals surface area contributed by atoms with Crippen molar-refractivity contribution in [1.82, 2.24) is 10.3 Å². The number of carbonyl (C=O) groups is 2. The lowest BCUT2D eigenvalue weighted by Gasteiger charge is -2.02. The van der Waals surface area contributed by atoms with Gasteiger partial charge in [-0.3, -0.25) is 9.59 Å². The Morgan fingerprint density at radius 1 is 1.30 bits per heavy atom. The summed E-state index contributed by atoms with van der Waals surface area (Å²) in [6, 6.07) is 5.93. The molecule has 0 aliphatic rings. The number of carbonyl (C=O) groups excluding carboxylic acids is 2. The van der Waals surface area contributed by atoms with E-state index >= 15 is 0 Å². The van der Waals surface area contributed by atoms with Gasteiger partial charge in [0.15, 0.2) is 5.13 Å². The zero-order valence-corrected chi connectivity index (χ0v) is 14.0. The highest BCUT2D eigenvalue weighted by atomic mass is 32.1. The normalized spacial score (nSPS) is 10.5. The number of nitrogens with zero attached hydrogens (tertiary/aromatic N) is 1. The topological polar surface area (TPSA) is 71.1 Å². The predicted molar refractivity (Wildman–Crippen MR) is 94.7 cm³/mol. The molecule has 0 spiro atoms. The van der Waals surface area contributed by atoms with Crippen LogP contribution in [0.2, 0.25) is 0 Å². The fraction of sp³-hybridized carbons (Fsp3) is 0.353. The molecule has 0 fully saturated rings. The van der Waals surface area contributed by atoms with Crippen molar-refractivity contribution >= 4 is 38.5 Å². The maximum atomic E-state index is 11.6. The molecule has 0 saturated carbocycles. The van der Waals surface area contributed by atoms with Crippen LogP contribution in [-0.4, -0.2) is 23.3 Å². The fourth-order valence-electron chi connectivity index (χ4n) is 2.12. The van der Waals surface area contributed by atoms with E-state index in [2.05, 4.69) is 22.2 Å². The average Bonchev–Trinajstić information content (AvgIpc) is 2.92. The van der Waals surface area contributed by atoms with E-state index in [0.717, 1.165) is 22.2 Å². The van der Waals surface area contributed by atoms with Gasteiger partial charge >= 0.3 is 0 Å². The number of rotatable bonds is 8. The molecule has 122 valence electrons. The lowest BCUT2D eigenvalue weighted by Crippen LogP contribution is -2.23. The number of aryl methyl sites for hydroxylation is 1. The van der Waals surface area contributed by atoms with E-state index in [9.17, 15) is 9.59 Å². The molecule has 2 rings (SSSR count). The van der Waals surface area contributed by atoms with Crippen molar-refractivity contribution in [3.63, 3.8) is 0 Å². The number of nitrogens with one attached hydrogen (secondary N) is 2.